The van der Waals surface area contributed by atoms with Gasteiger partial charge in [0.2, 0.25) is 5.91 Å². The lowest BCUT2D eigenvalue weighted by atomic mass is 10.2. The molecule has 0 saturated carbocycles. The zero-order valence-corrected chi connectivity index (χ0v) is 14.7. The van der Waals surface area contributed by atoms with Gasteiger partial charge in [-0.1, -0.05) is 6.92 Å². The van der Waals surface area contributed by atoms with E-state index in [9.17, 15) is 4.79 Å². The molecule has 1 aliphatic heterocycles. The van der Waals surface area contributed by atoms with Gasteiger partial charge >= 0.3 is 0 Å². The van der Waals surface area contributed by atoms with Crippen molar-refractivity contribution in [3.63, 3.8) is 0 Å². The van der Waals surface area contributed by atoms with Gasteiger partial charge in [-0.15, -0.1) is 5.10 Å². The van der Waals surface area contributed by atoms with Crippen LogP contribution in [0.4, 0.5) is 0 Å². The van der Waals surface area contributed by atoms with Crippen molar-refractivity contribution in [1.82, 2.24) is 35.3 Å². The Labute approximate surface area is 138 Å². The summed E-state index contributed by atoms with van der Waals surface area (Å²) in [6.45, 7) is 10.1. The molecule has 1 saturated heterocycles. The number of carbonyl (C=O) groups is 1. The molecule has 0 radical (unpaired) electrons. The van der Waals surface area contributed by atoms with Gasteiger partial charge in [0.25, 0.3) is 0 Å². The summed E-state index contributed by atoms with van der Waals surface area (Å²) < 4.78 is 1.58. The normalized spacial score (nSPS) is 19.0. The van der Waals surface area contributed by atoms with Crippen LogP contribution < -0.4 is 5.32 Å². The van der Waals surface area contributed by atoms with E-state index in [1.807, 2.05) is 7.05 Å². The number of carbonyl (C=O) groups excluding carboxylic acids is 1. The van der Waals surface area contributed by atoms with Crippen LogP contribution in [-0.4, -0.2) is 74.7 Å². The Balaban J connectivity index is 1.82. The number of rotatable bonds is 8. The van der Waals surface area contributed by atoms with Gasteiger partial charge in [0, 0.05) is 18.6 Å². The fraction of sp³-hybridized carbons (Fsp3) is 0.867. The first-order valence-electron chi connectivity index (χ1n) is 8.47. The minimum Gasteiger partial charge on any atom is -0.353 e. The number of hydrogen-bond acceptors (Lipinski definition) is 6. The fourth-order valence-electron chi connectivity index (χ4n) is 2.83. The third kappa shape index (κ3) is 4.97. The summed E-state index contributed by atoms with van der Waals surface area (Å²) in [7, 11) is 2.02. The number of nitrogens with one attached hydrogen (secondary N) is 1. The Morgan fingerprint density at radius 2 is 2.26 bits per heavy atom. The van der Waals surface area contributed by atoms with E-state index in [4.69, 9.17) is 0 Å². The van der Waals surface area contributed by atoms with E-state index < -0.39 is 0 Å². The zero-order valence-electron chi connectivity index (χ0n) is 14.7. The smallest absolute Gasteiger partial charge is 0.241 e. The minimum absolute atomic E-state index is 0.0336. The van der Waals surface area contributed by atoms with Crippen molar-refractivity contribution in [1.29, 1.82) is 0 Å². The molecule has 1 aromatic heterocycles. The highest BCUT2D eigenvalue weighted by atomic mass is 16.2. The number of nitrogens with zero attached hydrogens (tertiary/aromatic N) is 6. The minimum atomic E-state index is -0.0336. The molecular weight excluding hydrogens is 294 g/mol. The van der Waals surface area contributed by atoms with Gasteiger partial charge in [0.05, 0.1) is 6.54 Å². The van der Waals surface area contributed by atoms with E-state index >= 15 is 0 Å². The van der Waals surface area contributed by atoms with Gasteiger partial charge in [-0.2, -0.15) is 0 Å². The third-order valence-corrected chi connectivity index (χ3v) is 4.61. The summed E-state index contributed by atoms with van der Waals surface area (Å²) in [5, 5.41) is 14.7. The van der Waals surface area contributed by atoms with Crippen molar-refractivity contribution in [2.45, 2.75) is 58.8 Å². The summed E-state index contributed by atoms with van der Waals surface area (Å²) in [6, 6.07) is 0.862. The van der Waals surface area contributed by atoms with Gasteiger partial charge in [-0.05, 0) is 57.3 Å². The Bertz CT molecular complexity index is 502. The average molecular weight is 323 g/mol. The molecule has 8 nitrogen and oxygen atoms in total. The molecule has 1 amide bonds. The average Bonchev–Trinajstić information content (AvgIpc) is 3.14. The van der Waals surface area contributed by atoms with Gasteiger partial charge in [0.1, 0.15) is 6.54 Å². The van der Waals surface area contributed by atoms with Crippen LogP contribution >= 0.6 is 0 Å². The highest BCUT2D eigenvalue weighted by Gasteiger charge is 2.23. The van der Waals surface area contributed by atoms with E-state index in [1.165, 1.54) is 6.42 Å². The first kappa shape index (κ1) is 17.8. The largest absolute Gasteiger partial charge is 0.353 e. The van der Waals surface area contributed by atoms with Gasteiger partial charge in [-0.3, -0.25) is 14.6 Å². The van der Waals surface area contributed by atoms with Crippen LogP contribution in [0.5, 0.6) is 0 Å². The van der Waals surface area contributed by atoms with E-state index in [0.29, 0.717) is 31.0 Å². The second-order valence-corrected chi connectivity index (χ2v) is 6.49. The third-order valence-electron chi connectivity index (χ3n) is 4.61. The van der Waals surface area contributed by atoms with Crippen molar-refractivity contribution in [3.05, 3.63) is 5.82 Å². The SMILES string of the molecule is CCN1CCC[C@H]1CNC(=O)Cn1nnnc1CN(C)C(C)C. The maximum Gasteiger partial charge on any atom is 0.241 e. The number of amides is 1. The van der Waals surface area contributed by atoms with Crippen LogP contribution in [0.15, 0.2) is 0 Å². The van der Waals surface area contributed by atoms with Crippen LogP contribution in [0.1, 0.15) is 39.4 Å². The lowest BCUT2D eigenvalue weighted by Crippen LogP contribution is -2.41. The van der Waals surface area contributed by atoms with Crippen molar-refractivity contribution in [2.24, 2.45) is 0 Å². The number of aromatic nitrogens is 4. The lowest BCUT2D eigenvalue weighted by molar-refractivity contribution is -0.122. The van der Waals surface area contributed by atoms with Crippen LogP contribution in [0.25, 0.3) is 0 Å². The van der Waals surface area contributed by atoms with Crippen molar-refractivity contribution >= 4 is 5.91 Å². The summed E-state index contributed by atoms with van der Waals surface area (Å²) in [4.78, 5) is 16.7. The monoisotopic (exact) mass is 323 g/mol. The number of hydrogen-bond donors (Lipinski definition) is 1. The lowest BCUT2D eigenvalue weighted by Gasteiger charge is -2.23. The summed E-state index contributed by atoms with van der Waals surface area (Å²) >= 11 is 0. The molecule has 1 fully saturated rings. The second-order valence-electron chi connectivity index (χ2n) is 6.49. The molecule has 0 aliphatic carbocycles. The Hall–Kier alpha value is -1.54. The van der Waals surface area contributed by atoms with Gasteiger partial charge in [-0.25, -0.2) is 4.68 Å². The quantitative estimate of drug-likeness (QED) is 0.732. The fourth-order valence-corrected chi connectivity index (χ4v) is 2.83. The molecule has 1 aliphatic rings. The first-order valence-corrected chi connectivity index (χ1v) is 8.47. The first-order chi connectivity index (χ1) is 11.0. The summed E-state index contributed by atoms with van der Waals surface area (Å²) in [6.07, 6.45) is 2.37. The van der Waals surface area contributed by atoms with Crippen LogP contribution in [0, 0.1) is 0 Å². The van der Waals surface area contributed by atoms with E-state index in [0.717, 1.165) is 19.5 Å². The number of tetrazole rings is 1. The standard InChI is InChI=1S/C15H29N7O/c1-5-21-8-6-7-13(21)9-16-15(23)11-22-14(17-18-19-22)10-20(4)12(2)3/h12-13H,5-11H2,1-4H3,(H,16,23)/t13-/m0/s1. The molecule has 0 aromatic carbocycles. The van der Waals surface area contributed by atoms with E-state index in [-0.39, 0.29) is 12.5 Å². The molecule has 2 heterocycles. The van der Waals surface area contributed by atoms with Crippen molar-refractivity contribution in [3.8, 4) is 0 Å². The topological polar surface area (TPSA) is 79.2 Å². The summed E-state index contributed by atoms with van der Waals surface area (Å²) in [5.41, 5.74) is 0. The number of likely N-dealkylation sites (N-methyl/N-ethyl adjacent to an activating group) is 1. The van der Waals surface area contributed by atoms with Gasteiger partial charge < -0.3 is 5.32 Å². The Kier molecular flexibility index (Phi) is 6.47. The Morgan fingerprint density at radius 3 is 2.96 bits per heavy atom. The maximum atomic E-state index is 12.2. The molecule has 1 atom stereocenters. The maximum absolute atomic E-state index is 12.2. The molecule has 23 heavy (non-hydrogen) atoms. The van der Waals surface area contributed by atoms with Gasteiger partial charge in [0.15, 0.2) is 5.82 Å². The molecule has 2 rings (SSSR count). The molecule has 130 valence electrons. The molecule has 0 spiro atoms. The molecule has 8 heteroatoms. The highest BCUT2D eigenvalue weighted by Crippen LogP contribution is 2.15. The predicted molar refractivity (Wildman–Crippen MR) is 87.7 cm³/mol. The van der Waals surface area contributed by atoms with E-state index in [2.05, 4.69) is 51.4 Å². The molecule has 1 aromatic rings. The Morgan fingerprint density at radius 1 is 1.48 bits per heavy atom. The second kappa shape index (κ2) is 8.35. The molecular formula is C15H29N7O. The summed E-state index contributed by atoms with van der Waals surface area (Å²) in [5.74, 6) is 0.682. The zero-order chi connectivity index (χ0) is 16.8. The predicted octanol–water partition coefficient (Wildman–Crippen LogP) is 0.114. The molecule has 0 unspecified atom stereocenters. The number of likely N-dealkylation sites (tertiary alicyclic amines) is 1. The van der Waals surface area contributed by atoms with E-state index in [1.54, 1.807) is 4.68 Å². The molecule has 0 bridgehead atoms. The van der Waals surface area contributed by atoms with Crippen LogP contribution in [-0.2, 0) is 17.9 Å². The van der Waals surface area contributed by atoms with Crippen LogP contribution in [0.2, 0.25) is 0 Å². The van der Waals surface area contributed by atoms with Crippen molar-refractivity contribution < 1.29 is 4.79 Å². The molecule has 1 N–H and O–H groups in total. The van der Waals surface area contributed by atoms with Crippen LogP contribution in [0.3, 0.4) is 0 Å². The highest BCUT2D eigenvalue weighted by molar-refractivity contribution is 5.75. The van der Waals surface area contributed by atoms with Crippen molar-refractivity contribution in [2.75, 3.05) is 26.7 Å².